The molecule has 2 fully saturated rings. The van der Waals surface area contributed by atoms with Gasteiger partial charge in [0.05, 0.1) is 16.3 Å². The maximum absolute atomic E-state index is 13.7. The number of hydrogen-bond donors (Lipinski definition) is 1. The van der Waals surface area contributed by atoms with Crippen LogP contribution in [-0.2, 0) is 6.61 Å². The Morgan fingerprint density at radius 3 is 2.67 bits per heavy atom. The minimum absolute atomic E-state index is 0.0147. The lowest BCUT2D eigenvalue weighted by Gasteiger charge is -2.33. The molecule has 1 unspecified atom stereocenters. The number of hydrogen-bond acceptors (Lipinski definition) is 8. The van der Waals surface area contributed by atoms with Gasteiger partial charge in [-0.15, -0.1) is 11.3 Å². The summed E-state index contributed by atoms with van der Waals surface area (Å²) in [6.45, 7) is 3.30. The number of fused-ring (bicyclic) bond motifs is 2. The molecule has 7 rings (SSSR count). The number of piperidine rings is 2. The molecule has 1 atom stereocenters. The molecule has 0 aliphatic carbocycles. The summed E-state index contributed by atoms with van der Waals surface area (Å²) in [5, 5.41) is 18.5. The summed E-state index contributed by atoms with van der Waals surface area (Å²) < 4.78 is 9.20. The van der Waals surface area contributed by atoms with Gasteiger partial charge in [-0.05, 0) is 61.4 Å². The van der Waals surface area contributed by atoms with Crippen molar-refractivity contribution in [3.05, 3.63) is 83.3 Å². The molecule has 5 aromatic rings. The van der Waals surface area contributed by atoms with Gasteiger partial charge in [0.2, 0.25) is 5.88 Å². The number of para-hydroxylation sites is 1. The summed E-state index contributed by atoms with van der Waals surface area (Å²) in [7, 11) is 0. The number of benzene rings is 2. The minimum atomic E-state index is -0.814. The van der Waals surface area contributed by atoms with Crippen LogP contribution in [0.25, 0.3) is 21.0 Å². The number of rotatable bonds is 7. The van der Waals surface area contributed by atoms with E-state index >= 15 is 0 Å². The van der Waals surface area contributed by atoms with E-state index in [2.05, 4.69) is 26.0 Å². The molecular weight excluding hydrogens is 548 g/mol. The average molecular weight is 583 g/mol. The number of aliphatic hydroxyl groups is 1. The molecule has 2 aliphatic rings. The zero-order chi connectivity index (χ0) is 28.5. The molecule has 0 spiro atoms. The van der Waals surface area contributed by atoms with Gasteiger partial charge in [-0.25, -0.2) is 9.97 Å². The van der Waals surface area contributed by atoms with E-state index in [0.717, 1.165) is 70.3 Å². The van der Waals surface area contributed by atoms with Gasteiger partial charge in [-0.2, -0.15) is 5.10 Å². The Kier molecular flexibility index (Phi) is 7.58. The monoisotopic (exact) mass is 582 g/mol. The Bertz CT molecular complexity index is 1660. The fourth-order valence-corrected chi connectivity index (χ4v) is 7.05. The van der Waals surface area contributed by atoms with Gasteiger partial charge in [-0.3, -0.25) is 14.4 Å². The molecule has 9 nitrogen and oxygen atoms in total. The third-order valence-corrected chi connectivity index (χ3v) is 9.45. The number of carbonyl (C=O) groups excluding carboxylic acids is 1. The summed E-state index contributed by atoms with van der Waals surface area (Å²) >= 11 is 1.61. The van der Waals surface area contributed by atoms with Crippen molar-refractivity contribution < 1.29 is 14.6 Å². The van der Waals surface area contributed by atoms with E-state index in [1.54, 1.807) is 23.7 Å². The first-order valence-corrected chi connectivity index (χ1v) is 15.6. The number of aliphatic hydroxyl groups excluding tert-OH is 1. The Labute approximate surface area is 248 Å². The molecule has 2 aliphatic heterocycles. The van der Waals surface area contributed by atoms with Gasteiger partial charge in [0.1, 0.15) is 17.8 Å². The quantitative estimate of drug-likeness (QED) is 0.268. The van der Waals surface area contributed by atoms with E-state index in [4.69, 9.17) is 4.74 Å². The van der Waals surface area contributed by atoms with Gasteiger partial charge in [0.25, 0.3) is 5.91 Å². The lowest BCUT2D eigenvalue weighted by atomic mass is 9.98. The molecule has 0 saturated carbocycles. The summed E-state index contributed by atoms with van der Waals surface area (Å²) in [5.41, 5.74) is 2.26. The van der Waals surface area contributed by atoms with E-state index in [9.17, 15) is 9.90 Å². The first-order valence-electron chi connectivity index (χ1n) is 14.7. The second-order valence-corrected chi connectivity index (χ2v) is 12.3. The molecule has 3 aromatic heterocycles. The standard InChI is InChI=1S/C32H34N6O3S/c39-31(37-15-9-24(10-16-37)38-14-6-11-34-38)22-17-23-20-33-29(41-21-30-35-27-7-2-3-8-28(27)42-30)19-25(23)26(18-22)32(40)36-12-4-1-5-13-36/h2-3,6-8,11,14,17-20,24,32,40H,1,4-5,9-10,12-13,15-16,21H2. The van der Waals surface area contributed by atoms with Crippen LogP contribution in [0.15, 0.2) is 67.1 Å². The van der Waals surface area contributed by atoms with Crippen molar-refractivity contribution in [1.29, 1.82) is 0 Å². The summed E-state index contributed by atoms with van der Waals surface area (Å²) in [5.74, 6) is 0.452. The fourth-order valence-electron chi connectivity index (χ4n) is 6.17. The third kappa shape index (κ3) is 5.49. The zero-order valence-electron chi connectivity index (χ0n) is 23.4. The van der Waals surface area contributed by atoms with Crippen LogP contribution in [0.2, 0.25) is 0 Å². The Hall–Kier alpha value is -3.86. The molecule has 1 N–H and O–H groups in total. The summed E-state index contributed by atoms with van der Waals surface area (Å²) in [6.07, 6.45) is 9.72. The van der Waals surface area contributed by atoms with E-state index in [0.29, 0.717) is 37.2 Å². The van der Waals surface area contributed by atoms with Crippen LogP contribution in [0.1, 0.15) is 65.3 Å². The molecule has 0 bridgehead atoms. The van der Waals surface area contributed by atoms with Gasteiger partial charge >= 0.3 is 0 Å². The van der Waals surface area contributed by atoms with Crippen LogP contribution in [0.4, 0.5) is 0 Å². The van der Waals surface area contributed by atoms with Crippen LogP contribution < -0.4 is 4.74 Å². The predicted molar refractivity (Wildman–Crippen MR) is 162 cm³/mol. The van der Waals surface area contributed by atoms with Gasteiger partial charge in [0, 0.05) is 67.3 Å². The van der Waals surface area contributed by atoms with Gasteiger partial charge < -0.3 is 14.7 Å². The second kappa shape index (κ2) is 11.8. The van der Waals surface area contributed by atoms with Crippen molar-refractivity contribution >= 4 is 38.2 Å². The van der Waals surface area contributed by atoms with Gasteiger partial charge in [0.15, 0.2) is 0 Å². The topological polar surface area (TPSA) is 96.6 Å². The number of likely N-dealkylation sites (tertiary alicyclic amines) is 2. The van der Waals surface area contributed by atoms with Crippen LogP contribution in [-0.4, -0.2) is 66.7 Å². The Morgan fingerprint density at radius 1 is 1.05 bits per heavy atom. The number of thiazole rings is 1. The molecule has 0 radical (unpaired) electrons. The SMILES string of the molecule is O=C(c1cc(C(O)N2CCCCC2)c2cc(OCc3nc4ccccc4s3)ncc2c1)N1CCC(n2cccn2)CC1. The summed E-state index contributed by atoms with van der Waals surface area (Å²) in [6, 6.07) is 15.9. The van der Waals surface area contributed by atoms with Crippen molar-refractivity contribution in [2.75, 3.05) is 26.2 Å². The molecule has 2 aromatic carbocycles. The number of carbonyl (C=O) groups is 1. The molecular formula is C32H34N6O3S. The molecule has 216 valence electrons. The lowest BCUT2D eigenvalue weighted by Crippen LogP contribution is -2.39. The first kappa shape index (κ1) is 27.0. The summed E-state index contributed by atoms with van der Waals surface area (Å²) in [4.78, 5) is 27.0. The van der Waals surface area contributed by atoms with Crippen molar-refractivity contribution in [1.82, 2.24) is 29.5 Å². The van der Waals surface area contributed by atoms with Crippen molar-refractivity contribution in [3.63, 3.8) is 0 Å². The smallest absolute Gasteiger partial charge is 0.253 e. The zero-order valence-corrected chi connectivity index (χ0v) is 24.2. The maximum Gasteiger partial charge on any atom is 0.253 e. The Balaban J connectivity index is 1.16. The van der Waals surface area contributed by atoms with E-state index in [1.165, 1.54) is 6.42 Å². The van der Waals surface area contributed by atoms with E-state index < -0.39 is 6.23 Å². The third-order valence-electron chi connectivity index (χ3n) is 8.44. The van der Waals surface area contributed by atoms with Crippen LogP contribution in [0.5, 0.6) is 5.88 Å². The molecule has 42 heavy (non-hydrogen) atoms. The molecule has 2 saturated heterocycles. The van der Waals surface area contributed by atoms with E-state index in [-0.39, 0.29) is 5.91 Å². The maximum atomic E-state index is 13.7. The Morgan fingerprint density at radius 2 is 1.88 bits per heavy atom. The average Bonchev–Trinajstić information content (AvgIpc) is 3.74. The lowest BCUT2D eigenvalue weighted by molar-refractivity contribution is -0.00882. The van der Waals surface area contributed by atoms with E-state index in [1.807, 2.05) is 58.2 Å². The second-order valence-electron chi connectivity index (χ2n) is 11.2. The van der Waals surface area contributed by atoms with Crippen molar-refractivity contribution in [2.24, 2.45) is 0 Å². The number of ether oxygens (including phenoxy) is 1. The highest BCUT2D eigenvalue weighted by atomic mass is 32.1. The largest absolute Gasteiger partial charge is 0.470 e. The normalized spacial score (nSPS) is 17.6. The van der Waals surface area contributed by atoms with Crippen molar-refractivity contribution in [3.8, 4) is 5.88 Å². The van der Waals surface area contributed by atoms with Crippen LogP contribution >= 0.6 is 11.3 Å². The molecule has 10 heteroatoms. The molecule has 5 heterocycles. The fraction of sp³-hybridized carbons (Fsp3) is 0.375. The number of nitrogens with zero attached hydrogens (tertiary/aromatic N) is 6. The van der Waals surface area contributed by atoms with Crippen LogP contribution in [0, 0.1) is 0 Å². The minimum Gasteiger partial charge on any atom is -0.470 e. The number of pyridine rings is 1. The van der Waals surface area contributed by atoms with Crippen LogP contribution in [0.3, 0.4) is 0 Å². The highest BCUT2D eigenvalue weighted by molar-refractivity contribution is 7.18. The number of aromatic nitrogens is 4. The van der Waals surface area contributed by atoms with Gasteiger partial charge in [-0.1, -0.05) is 18.6 Å². The number of amides is 1. The predicted octanol–water partition coefficient (Wildman–Crippen LogP) is 5.57. The van der Waals surface area contributed by atoms with Crippen molar-refractivity contribution in [2.45, 2.75) is 51.0 Å². The highest BCUT2D eigenvalue weighted by Crippen LogP contribution is 2.33. The molecule has 1 amide bonds. The first-order chi connectivity index (χ1) is 20.6. The highest BCUT2D eigenvalue weighted by Gasteiger charge is 2.28.